The molecule has 1 aromatic carbocycles. The number of alkyl halides is 2. The predicted octanol–water partition coefficient (Wildman–Crippen LogP) is 2.79. The molecule has 1 heterocycles. The maximum Gasteiger partial charge on any atom is 0.387 e. The zero-order valence-corrected chi connectivity index (χ0v) is 13.1. The minimum absolute atomic E-state index is 0.138. The van der Waals surface area contributed by atoms with Crippen molar-refractivity contribution >= 4 is 17.3 Å². The molecule has 0 saturated heterocycles. The Morgan fingerprint density at radius 2 is 2.12 bits per heavy atom. The standard InChI is InChI=1S/C14H13F3N4O4/c1-7-13(21(23)24)8(2)20(19-7)6-12(22)18-10-4-3-9(15)5-11(10)25-14(16)17/h3-5,14H,6H2,1-2H3,(H,18,22). The number of halogens is 3. The van der Waals surface area contributed by atoms with E-state index in [1.54, 1.807) is 0 Å². The summed E-state index contributed by atoms with van der Waals surface area (Å²) >= 11 is 0. The number of hydrogen-bond acceptors (Lipinski definition) is 5. The van der Waals surface area contributed by atoms with Crippen LogP contribution in [-0.4, -0.2) is 27.2 Å². The van der Waals surface area contributed by atoms with Gasteiger partial charge in [0.2, 0.25) is 5.91 Å². The lowest BCUT2D eigenvalue weighted by Gasteiger charge is -2.12. The number of benzene rings is 1. The van der Waals surface area contributed by atoms with Crippen molar-refractivity contribution in [1.29, 1.82) is 0 Å². The van der Waals surface area contributed by atoms with Crippen LogP contribution in [0.3, 0.4) is 0 Å². The van der Waals surface area contributed by atoms with Crippen LogP contribution < -0.4 is 10.1 Å². The largest absolute Gasteiger partial charge is 0.432 e. The summed E-state index contributed by atoms with van der Waals surface area (Å²) in [5.74, 6) is -2.06. The van der Waals surface area contributed by atoms with Crippen LogP contribution in [0, 0.1) is 29.8 Å². The Labute approximate surface area is 139 Å². The summed E-state index contributed by atoms with van der Waals surface area (Å²) in [6.07, 6.45) is 0. The minimum Gasteiger partial charge on any atom is -0.432 e. The van der Waals surface area contributed by atoms with Crippen molar-refractivity contribution in [3.8, 4) is 5.75 Å². The smallest absolute Gasteiger partial charge is 0.387 e. The first-order valence-corrected chi connectivity index (χ1v) is 6.91. The van der Waals surface area contributed by atoms with E-state index >= 15 is 0 Å². The number of nitrogens with one attached hydrogen (secondary N) is 1. The van der Waals surface area contributed by atoms with E-state index in [0.29, 0.717) is 6.07 Å². The van der Waals surface area contributed by atoms with Gasteiger partial charge in [-0.05, 0) is 26.0 Å². The van der Waals surface area contributed by atoms with Crippen LogP contribution >= 0.6 is 0 Å². The van der Waals surface area contributed by atoms with Crippen molar-refractivity contribution in [2.75, 3.05) is 5.32 Å². The van der Waals surface area contributed by atoms with Crippen LogP contribution in [0.5, 0.6) is 5.75 Å². The van der Waals surface area contributed by atoms with Gasteiger partial charge in [-0.25, -0.2) is 4.39 Å². The molecular formula is C14H13F3N4O4. The SMILES string of the molecule is Cc1nn(CC(=O)Nc2ccc(F)cc2OC(F)F)c(C)c1[N+](=O)[O-]. The Hall–Kier alpha value is -3.11. The zero-order valence-electron chi connectivity index (χ0n) is 13.1. The molecule has 8 nitrogen and oxygen atoms in total. The number of carbonyl (C=O) groups excluding carboxylic acids is 1. The molecule has 0 saturated carbocycles. The molecule has 134 valence electrons. The van der Waals surface area contributed by atoms with Gasteiger partial charge in [-0.1, -0.05) is 0 Å². The Morgan fingerprint density at radius 1 is 1.44 bits per heavy atom. The molecule has 25 heavy (non-hydrogen) atoms. The van der Waals surface area contributed by atoms with Crippen LogP contribution in [-0.2, 0) is 11.3 Å². The van der Waals surface area contributed by atoms with Crippen LogP contribution in [0.4, 0.5) is 24.5 Å². The maximum atomic E-state index is 13.1. The Kier molecular flexibility index (Phi) is 5.25. The van der Waals surface area contributed by atoms with Crippen molar-refractivity contribution in [2.45, 2.75) is 27.0 Å². The molecule has 2 rings (SSSR count). The fraction of sp³-hybridized carbons (Fsp3) is 0.286. The third-order valence-corrected chi connectivity index (χ3v) is 3.25. The van der Waals surface area contributed by atoms with E-state index < -0.39 is 35.6 Å². The molecule has 1 amide bonds. The number of nitro groups is 1. The molecule has 2 aromatic rings. The number of carbonyl (C=O) groups is 1. The fourth-order valence-electron chi connectivity index (χ4n) is 2.22. The number of anilines is 1. The second-order valence-corrected chi connectivity index (χ2v) is 5.00. The summed E-state index contributed by atoms with van der Waals surface area (Å²) in [6.45, 7) is -0.745. The number of aryl methyl sites for hydroxylation is 1. The highest BCUT2D eigenvalue weighted by Gasteiger charge is 2.23. The highest BCUT2D eigenvalue weighted by Crippen LogP contribution is 2.27. The summed E-state index contributed by atoms with van der Waals surface area (Å²) < 4.78 is 43.1. The van der Waals surface area contributed by atoms with Gasteiger partial charge in [-0.15, -0.1) is 0 Å². The van der Waals surface area contributed by atoms with Crippen molar-refractivity contribution in [3.05, 3.63) is 45.5 Å². The van der Waals surface area contributed by atoms with E-state index in [1.165, 1.54) is 13.8 Å². The topological polar surface area (TPSA) is 99.3 Å². The molecule has 0 spiro atoms. The summed E-state index contributed by atoms with van der Waals surface area (Å²) in [4.78, 5) is 22.4. The lowest BCUT2D eigenvalue weighted by atomic mass is 10.2. The normalized spacial score (nSPS) is 10.8. The number of aromatic nitrogens is 2. The third-order valence-electron chi connectivity index (χ3n) is 3.25. The zero-order chi connectivity index (χ0) is 18.7. The average molecular weight is 358 g/mol. The third kappa shape index (κ3) is 4.25. The average Bonchev–Trinajstić information content (AvgIpc) is 2.75. The molecule has 1 N–H and O–H groups in total. The number of rotatable bonds is 6. The fourth-order valence-corrected chi connectivity index (χ4v) is 2.22. The van der Waals surface area contributed by atoms with Crippen LogP contribution in [0.1, 0.15) is 11.4 Å². The van der Waals surface area contributed by atoms with E-state index in [-0.39, 0.29) is 22.8 Å². The van der Waals surface area contributed by atoms with E-state index in [0.717, 1.165) is 16.8 Å². The Morgan fingerprint density at radius 3 is 2.68 bits per heavy atom. The van der Waals surface area contributed by atoms with Crippen molar-refractivity contribution in [3.63, 3.8) is 0 Å². The molecule has 0 aliphatic heterocycles. The molecule has 0 aliphatic rings. The van der Waals surface area contributed by atoms with Gasteiger partial charge in [-0.3, -0.25) is 19.6 Å². The highest BCUT2D eigenvalue weighted by atomic mass is 19.3. The predicted molar refractivity (Wildman–Crippen MR) is 80.0 cm³/mol. The molecule has 0 unspecified atom stereocenters. The first kappa shape index (κ1) is 18.2. The molecule has 0 atom stereocenters. The van der Waals surface area contributed by atoms with Crippen LogP contribution in [0.25, 0.3) is 0 Å². The Balaban J connectivity index is 2.19. The first-order valence-electron chi connectivity index (χ1n) is 6.91. The number of nitrogens with zero attached hydrogens (tertiary/aromatic N) is 3. The van der Waals surface area contributed by atoms with E-state index in [1.807, 2.05) is 0 Å². The Bertz CT molecular complexity index is 823. The number of amides is 1. The summed E-state index contributed by atoms with van der Waals surface area (Å²) in [5.41, 5.74) is -0.0707. The molecule has 1 aromatic heterocycles. The van der Waals surface area contributed by atoms with Crippen LogP contribution in [0.2, 0.25) is 0 Å². The van der Waals surface area contributed by atoms with Gasteiger partial charge in [0.05, 0.1) is 10.6 Å². The molecule has 11 heteroatoms. The van der Waals surface area contributed by atoms with Crippen molar-refractivity contribution in [1.82, 2.24) is 9.78 Å². The second kappa shape index (κ2) is 7.20. The van der Waals surface area contributed by atoms with Gasteiger partial charge < -0.3 is 10.1 Å². The first-order chi connectivity index (χ1) is 11.7. The van der Waals surface area contributed by atoms with Gasteiger partial charge >= 0.3 is 12.3 Å². The summed E-state index contributed by atoms with van der Waals surface area (Å²) in [6, 6.07) is 2.73. The molecule has 0 fully saturated rings. The van der Waals surface area contributed by atoms with E-state index in [9.17, 15) is 28.1 Å². The van der Waals surface area contributed by atoms with Crippen LogP contribution in [0.15, 0.2) is 18.2 Å². The second-order valence-electron chi connectivity index (χ2n) is 5.00. The molecule has 0 radical (unpaired) electrons. The highest BCUT2D eigenvalue weighted by molar-refractivity contribution is 5.92. The van der Waals surface area contributed by atoms with E-state index in [4.69, 9.17) is 0 Å². The van der Waals surface area contributed by atoms with Gasteiger partial charge in [0, 0.05) is 6.07 Å². The molecule has 0 aliphatic carbocycles. The monoisotopic (exact) mass is 358 g/mol. The van der Waals surface area contributed by atoms with Gasteiger partial charge in [0.1, 0.15) is 23.7 Å². The minimum atomic E-state index is -3.20. The quantitative estimate of drug-likeness (QED) is 0.632. The van der Waals surface area contributed by atoms with E-state index in [2.05, 4.69) is 15.2 Å². The number of hydrogen-bond donors (Lipinski definition) is 1. The van der Waals surface area contributed by atoms with Gasteiger partial charge in [0.15, 0.2) is 5.75 Å². The lowest BCUT2D eigenvalue weighted by Crippen LogP contribution is -2.21. The summed E-state index contributed by atoms with van der Waals surface area (Å²) in [7, 11) is 0. The van der Waals surface area contributed by atoms with Gasteiger partial charge in [-0.2, -0.15) is 13.9 Å². The maximum absolute atomic E-state index is 13.1. The van der Waals surface area contributed by atoms with Crippen molar-refractivity contribution < 1.29 is 27.6 Å². The van der Waals surface area contributed by atoms with Gasteiger partial charge in [0.25, 0.3) is 0 Å². The molecule has 0 bridgehead atoms. The lowest BCUT2D eigenvalue weighted by molar-refractivity contribution is -0.386. The van der Waals surface area contributed by atoms with Crippen molar-refractivity contribution in [2.24, 2.45) is 0 Å². The number of ether oxygens (including phenoxy) is 1. The summed E-state index contributed by atoms with van der Waals surface area (Å²) in [5, 5.41) is 17.1. The molecular weight excluding hydrogens is 345 g/mol.